The normalized spacial score (nSPS) is 21.1. The molecule has 4 rings (SSSR count). The molecule has 1 atom stereocenters. The number of rotatable bonds is 6. The third-order valence-corrected chi connectivity index (χ3v) is 6.35. The van der Waals surface area contributed by atoms with E-state index < -0.39 is 0 Å². The molecule has 8 heteroatoms. The summed E-state index contributed by atoms with van der Waals surface area (Å²) in [5.41, 5.74) is 1.57. The molecule has 146 valence electrons. The van der Waals surface area contributed by atoms with Crippen molar-refractivity contribution >= 4 is 32.6 Å². The molecule has 0 radical (unpaired) electrons. The maximum Gasteiger partial charge on any atom is 0.251 e. The molecule has 1 aromatic heterocycles. The number of ether oxygens (including phenoxy) is 1. The summed E-state index contributed by atoms with van der Waals surface area (Å²) in [4.78, 5) is 21.7. The van der Waals surface area contributed by atoms with Crippen LogP contribution in [0.5, 0.6) is 0 Å². The highest BCUT2D eigenvalue weighted by Gasteiger charge is 2.26. The predicted octanol–water partition coefficient (Wildman–Crippen LogP) is 1.32. The molecule has 27 heavy (non-hydrogen) atoms. The lowest BCUT2D eigenvalue weighted by atomic mass is 10.2. The van der Waals surface area contributed by atoms with Gasteiger partial charge >= 0.3 is 0 Å². The molecular weight excluding hydrogens is 364 g/mol. The molecule has 0 saturated carbocycles. The van der Waals surface area contributed by atoms with Crippen molar-refractivity contribution in [3.63, 3.8) is 0 Å². The number of fused-ring (bicyclic) bond motifs is 1. The summed E-state index contributed by atoms with van der Waals surface area (Å²) < 4.78 is 6.35. The van der Waals surface area contributed by atoms with Gasteiger partial charge in [-0.3, -0.25) is 9.69 Å². The summed E-state index contributed by atoms with van der Waals surface area (Å²) in [6, 6.07) is 5.83. The van der Waals surface area contributed by atoms with Crippen molar-refractivity contribution in [2.75, 3.05) is 57.4 Å². The molecule has 2 fully saturated rings. The van der Waals surface area contributed by atoms with Crippen LogP contribution in [0.2, 0.25) is 0 Å². The van der Waals surface area contributed by atoms with Gasteiger partial charge in [0.15, 0.2) is 5.13 Å². The van der Waals surface area contributed by atoms with Crippen LogP contribution in [0, 0.1) is 0 Å². The van der Waals surface area contributed by atoms with Gasteiger partial charge in [-0.05, 0) is 31.0 Å². The van der Waals surface area contributed by atoms with Gasteiger partial charge in [-0.1, -0.05) is 11.3 Å². The Morgan fingerprint density at radius 2 is 2.19 bits per heavy atom. The monoisotopic (exact) mass is 390 g/mol. The molecule has 1 aromatic carbocycles. The quantitative estimate of drug-likeness (QED) is 0.775. The molecule has 2 aliphatic rings. The number of aliphatic hydroxyl groups is 1. The number of carbonyl (C=O) groups is 1. The van der Waals surface area contributed by atoms with E-state index in [1.165, 1.54) is 0 Å². The molecule has 1 unspecified atom stereocenters. The highest BCUT2D eigenvalue weighted by atomic mass is 32.1. The number of aromatic nitrogens is 1. The van der Waals surface area contributed by atoms with Crippen molar-refractivity contribution in [2.45, 2.75) is 18.9 Å². The average molecular weight is 391 g/mol. The summed E-state index contributed by atoms with van der Waals surface area (Å²) in [6.45, 7) is 5.97. The lowest BCUT2D eigenvalue weighted by molar-refractivity contribution is 0.0383. The van der Waals surface area contributed by atoms with Crippen LogP contribution >= 0.6 is 11.3 Å². The molecule has 0 bridgehead atoms. The summed E-state index contributed by atoms with van der Waals surface area (Å²) in [6.07, 6.45) is 2.08. The maximum atomic E-state index is 12.5. The fourth-order valence-electron chi connectivity index (χ4n) is 3.71. The molecule has 2 saturated heterocycles. The van der Waals surface area contributed by atoms with Gasteiger partial charge in [0, 0.05) is 38.3 Å². The molecule has 0 spiro atoms. The number of thiazole rings is 1. The first-order valence-electron chi connectivity index (χ1n) is 9.61. The molecular formula is C19H26N4O3S. The molecule has 7 nitrogen and oxygen atoms in total. The van der Waals surface area contributed by atoms with E-state index in [0.717, 1.165) is 67.6 Å². The van der Waals surface area contributed by atoms with Gasteiger partial charge in [-0.15, -0.1) is 0 Å². The van der Waals surface area contributed by atoms with E-state index in [2.05, 4.69) is 15.1 Å². The van der Waals surface area contributed by atoms with Crippen molar-refractivity contribution in [1.29, 1.82) is 0 Å². The number of aliphatic hydroxyl groups excluding tert-OH is 1. The average Bonchev–Trinajstić information content (AvgIpc) is 3.34. The minimum absolute atomic E-state index is 0.0467. The lowest BCUT2D eigenvalue weighted by Gasteiger charge is -2.26. The van der Waals surface area contributed by atoms with E-state index in [-0.39, 0.29) is 18.6 Å². The minimum Gasteiger partial charge on any atom is -0.394 e. The molecule has 3 heterocycles. The Hall–Kier alpha value is -1.74. The third kappa shape index (κ3) is 4.24. The zero-order chi connectivity index (χ0) is 18.6. The number of anilines is 1. The van der Waals surface area contributed by atoms with E-state index in [4.69, 9.17) is 9.72 Å². The van der Waals surface area contributed by atoms with E-state index in [1.807, 2.05) is 18.2 Å². The number of hydrogen-bond acceptors (Lipinski definition) is 7. The molecule has 2 N–H and O–H groups in total. The van der Waals surface area contributed by atoms with Crippen LogP contribution in [0.4, 0.5) is 5.13 Å². The second kappa shape index (κ2) is 8.52. The largest absolute Gasteiger partial charge is 0.394 e. The molecule has 2 aromatic rings. The fraction of sp³-hybridized carbons (Fsp3) is 0.579. The summed E-state index contributed by atoms with van der Waals surface area (Å²) in [7, 11) is 0. The van der Waals surface area contributed by atoms with Gasteiger partial charge < -0.3 is 20.1 Å². The summed E-state index contributed by atoms with van der Waals surface area (Å²) >= 11 is 1.59. The smallest absolute Gasteiger partial charge is 0.251 e. The minimum atomic E-state index is -0.0467. The van der Waals surface area contributed by atoms with Crippen molar-refractivity contribution in [2.24, 2.45) is 0 Å². The van der Waals surface area contributed by atoms with E-state index in [0.29, 0.717) is 12.1 Å². The first-order chi connectivity index (χ1) is 13.2. The van der Waals surface area contributed by atoms with Gasteiger partial charge in [0.25, 0.3) is 5.91 Å². The maximum absolute atomic E-state index is 12.5. The van der Waals surface area contributed by atoms with Crippen LogP contribution in [-0.2, 0) is 4.74 Å². The number of carbonyl (C=O) groups excluding carboxylic acids is 1. The predicted molar refractivity (Wildman–Crippen MR) is 107 cm³/mol. The summed E-state index contributed by atoms with van der Waals surface area (Å²) in [5.74, 6) is -0.0467. The van der Waals surface area contributed by atoms with Crippen LogP contribution in [0.1, 0.15) is 23.2 Å². The van der Waals surface area contributed by atoms with Crippen molar-refractivity contribution < 1.29 is 14.6 Å². The number of nitrogens with one attached hydrogen (secondary N) is 1. The SMILES string of the molecule is O=C(NCCN1CCOCC1)c1ccc2nc(N3CCCC3CO)sc2c1. The van der Waals surface area contributed by atoms with Crippen LogP contribution < -0.4 is 10.2 Å². The van der Waals surface area contributed by atoms with Gasteiger partial charge in [0.05, 0.1) is 36.1 Å². The van der Waals surface area contributed by atoms with Crippen molar-refractivity contribution in [3.05, 3.63) is 23.8 Å². The zero-order valence-corrected chi connectivity index (χ0v) is 16.2. The zero-order valence-electron chi connectivity index (χ0n) is 15.4. The van der Waals surface area contributed by atoms with E-state index in [9.17, 15) is 9.90 Å². The highest BCUT2D eigenvalue weighted by Crippen LogP contribution is 2.33. The Bertz CT molecular complexity index is 790. The number of benzene rings is 1. The van der Waals surface area contributed by atoms with E-state index >= 15 is 0 Å². The van der Waals surface area contributed by atoms with Crippen molar-refractivity contribution in [1.82, 2.24) is 15.2 Å². The highest BCUT2D eigenvalue weighted by molar-refractivity contribution is 7.22. The van der Waals surface area contributed by atoms with Gasteiger partial charge in [-0.25, -0.2) is 4.98 Å². The first kappa shape index (κ1) is 18.6. The number of nitrogens with zero attached hydrogens (tertiary/aromatic N) is 3. The Morgan fingerprint density at radius 1 is 1.33 bits per heavy atom. The fourth-order valence-corrected chi connectivity index (χ4v) is 4.81. The number of hydrogen-bond donors (Lipinski definition) is 2. The number of amides is 1. The van der Waals surface area contributed by atoms with Crippen LogP contribution in [0.15, 0.2) is 18.2 Å². The Balaban J connectivity index is 1.39. The molecule has 2 aliphatic heterocycles. The number of morpholine rings is 1. The second-order valence-corrected chi connectivity index (χ2v) is 8.07. The standard InChI is InChI=1S/C19H26N4O3S/c24-13-15-2-1-6-23(15)19-21-16-4-3-14(12-17(16)27-19)18(25)20-5-7-22-8-10-26-11-9-22/h3-4,12,15,24H,1-2,5-11,13H2,(H,20,25). The van der Waals surface area contributed by atoms with Gasteiger partial charge in [-0.2, -0.15) is 0 Å². The van der Waals surface area contributed by atoms with Crippen LogP contribution in [-0.4, -0.2) is 79.5 Å². The third-order valence-electron chi connectivity index (χ3n) is 5.29. The Kier molecular flexibility index (Phi) is 5.87. The van der Waals surface area contributed by atoms with Crippen molar-refractivity contribution in [3.8, 4) is 0 Å². The molecule has 0 aliphatic carbocycles. The molecule has 1 amide bonds. The van der Waals surface area contributed by atoms with Crippen LogP contribution in [0.3, 0.4) is 0 Å². The lowest BCUT2D eigenvalue weighted by Crippen LogP contribution is -2.41. The topological polar surface area (TPSA) is 77.9 Å². The Morgan fingerprint density at radius 3 is 3.00 bits per heavy atom. The first-order valence-corrected chi connectivity index (χ1v) is 10.4. The van der Waals surface area contributed by atoms with Gasteiger partial charge in [0.1, 0.15) is 0 Å². The van der Waals surface area contributed by atoms with Gasteiger partial charge in [0.2, 0.25) is 0 Å². The Labute approximate surface area is 162 Å². The van der Waals surface area contributed by atoms with E-state index in [1.54, 1.807) is 11.3 Å². The summed E-state index contributed by atoms with van der Waals surface area (Å²) in [5, 5.41) is 13.5. The second-order valence-electron chi connectivity index (χ2n) is 7.06. The van der Waals surface area contributed by atoms with Crippen LogP contribution in [0.25, 0.3) is 10.2 Å².